The number of anilines is 2. The Morgan fingerprint density at radius 3 is 2.55 bits per heavy atom. The maximum Gasteiger partial charge on any atom is 0.0992 e. The van der Waals surface area contributed by atoms with Crippen LogP contribution >= 0.6 is 0 Å². The number of aryl methyl sites for hydroxylation is 1. The van der Waals surface area contributed by atoms with Gasteiger partial charge in [-0.05, 0) is 43.7 Å². The van der Waals surface area contributed by atoms with Crippen LogP contribution in [0.2, 0.25) is 0 Å². The van der Waals surface area contributed by atoms with Crippen molar-refractivity contribution >= 4 is 11.4 Å². The van der Waals surface area contributed by atoms with Crippen molar-refractivity contribution in [1.82, 2.24) is 0 Å². The third-order valence-electron chi connectivity index (χ3n) is 3.36. The first-order chi connectivity index (χ1) is 9.52. The van der Waals surface area contributed by atoms with Crippen LogP contribution in [-0.2, 0) is 0 Å². The predicted octanol–water partition coefficient (Wildman–Crippen LogP) is 3.69. The van der Waals surface area contributed by atoms with Crippen LogP contribution in [0.15, 0.2) is 42.5 Å². The number of aliphatic hydroxyl groups excluding tert-OH is 1. The van der Waals surface area contributed by atoms with Gasteiger partial charge in [0.1, 0.15) is 0 Å². The summed E-state index contributed by atoms with van der Waals surface area (Å²) in [6, 6.07) is 15.6. The van der Waals surface area contributed by atoms with Crippen molar-refractivity contribution in [3.8, 4) is 6.07 Å². The molecule has 0 fully saturated rings. The largest absolute Gasteiger partial charge is 0.389 e. The van der Waals surface area contributed by atoms with Crippen LogP contribution in [0.3, 0.4) is 0 Å². The summed E-state index contributed by atoms with van der Waals surface area (Å²) >= 11 is 0. The van der Waals surface area contributed by atoms with Crippen LogP contribution in [0.5, 0.6) is 0 Å². The van der Waals surface area contributed by atoms with Crippen molar-refractivity contribution in [2.24, 2.45) is 0 Å². The summed E-state index contributed by atoms with van der Waals surface area (Å²) < 4.78 is 0. The summed E-state index contributed by atoms with van der Waals surface area (Å²) in [5.74, 6) is 0. The average Bonchev–Trinajstić information content (AvgIpc) is 2.45. The van der Waals surface area contributed by atoms with Crippen LogP contribution in [0, 0.1) is 18.3 Å². The van der Waals surface area contributed by atoms with E-state index in [2.05, 4.69) is 12.1 Å². The maximum absolute atomic E-state index is 9.91. The number of hydrogen-bond acceptors (Lipinski definition) is 3. The molecule has 0 bridgehead atoms. The molecule has 2 rings (SSSR count). The summed E-state index contributed by atoms with van der Waals surface area (Å²) in [4.78, 5) is 2.00. The highest BCUT2D eigenvalue weighted by molar-refractivity contribution is 5.68. The first-order valence-corrected chi connectivity index (χ1v) is 6.55. The molecule has 1 atom stereocenters. The van der Waals surface area contributed by atoms with E-state index in [9.17, 15) is 5.11 Å². The molecule has 0 unspecified atom stereocenters. The quantitative estimate of drug-likeness (QED) is 0.921. The molecule has 0 aliphatic heterocycles. The van der Waals surface area contributed by atoms with E-state index in [1.165, 1.54) is 5.56 Å². The average molecular weight is 266 g/mol. The summed E-state index contributed by atoms with van der Waals surface area (Å²) in [5.41, 5.74) is 4.45. The van der Waals surface area contributed by atoms with Gasteiger partial charge in [0.05, 0.1) is 17.7 Å². The fourth-order valence-corrected chi connectivity index (χ4v) is 2.23. The van der Waals surface area contributed by atoms with Crippen LogP contribution in [0.4, 0.5) is 11.4 Å². The van der Waals surface area contributed by atoms with Crippen LogP contribution in [0.1, 0.15) is 29.7 Å². The molecule has 0 saturated heterocycles. The molecule has 102 valence electrons. The molecule has 2 aromatic carbocycles. The van der Waals surface area contributed by atoms with E-state index in [4.69, 9.17) is 5.26 Å². The molecule has 0 aliphatic carbocycles. The lowest BCUT2D eigenvalue weighted by Crippen LogP contribution is -2.13. The lowest BCUT2D eigenvalue weighted by atomic mass is 10.0. The molecular formula is C17H18N2O. The molecule has 3 nitrogen and oxygen atoms in total. The van der Waals surface area contributed by atoms with E-state index in [0.717, 1.165) is 16.9 Å². The second-order valence-corrected chi connectivity index (χ2v) is 4.96. The number of nitriles is 1. The summed E-state index contributed by atoms with van der Waals surface area (Å²) in [6.07, 6.45) is -0.579. The number of nitrogens with zero attached hydrogens (tertiary/aromatic N) is 2. The van der Waals surface area contributed by atoms with Gasteiger partial charge in [-0.2, -0.15) is 5.26 Å². The van der Waals surface area contributed by atoms with E-state index in [-0.39, 0.29) is 0 Å². The van der Waals surface area contributed by atoms with Gasteiger partial charge >= 0.3 is 0 Å². The molecule has 0 aromatic heterocycles. The van der Waals surface area contributed by atoms with Crippen molar-refractivity contribution < 1.29 is 5.11 Å². The van der Waals surface area contributed by atoms with Gasteiger partial charge in [0.25, 0.3) is 0 Å². The molecule has 2 aromatic rings. The fraction of sp³-hybridized carbons (Fsp3) is 0.235. The first kappa shape index (κ1) is 14.1. The van der Waals surface area contributed by atoms with Gasteiger partial charge in [-0.3, -0.25) is 0 Å². The number of aliphatic hydroxyl groups is 1. The van der Waals surface area contributed by atoms with Gasteiger partial charge in [0, 0.05) is 24.0 Å². The zero-order chi connectivity index (χ0) is 14.7. The minimum atomic E-state index is -0.579. The summed E-state index contributed by atoms with van der Waals surface area (Å²) in [7, 11) is 1.94. The van der Waals surface area contributed by atoms with E-state index in [1.54, 1.807) is 13.0 Å². The molecular weight excluding hydrogens is 248 g/mol. The Kier molecular flexibility index (Phi) is 4.07. The Morgan fingerprint density at radius 2 is 1.95 bits per heavy atom. The van der Waals surface area contributed by atoms with Gasteiger partial charge in [0.15, 0.2) is 0 Å². The SMILES string of the molecule is Cc1cccc(N(C)c2cc(C#N)ccc2[C@@H](C)O)c1. The first-order valence-electron chi connectivity index (χ1n) is 6.55. The Morgan fingerprint density at radius 1 is 1.20 bits per heavy atom. The van der Waals surface area contributed by atoms with Crippen molar-refractivity contribution in [1.29, 1.82) is 5.26 Å². The van der Waals surface area contributed by atoms with Crippen molar-refractivity contribution in [2.75, 3.05) is 11.9 Å². The molecule has 0 heterocycles. The standard InChI is InChI=1S/C17H18N2O/c1-12-5-4-6-15(9-12)19(3)17-10-14(11-18)7-8-16(17)13(2)20/h4-10,13,20H,1-3H3/t13-/m1/s1. The Balaban J connectivity index is 2.52. The van der Waals surface area contributed by atoms with E-state index in [1.807, 2.05) is 49.2 Å². The fourth-order valence-electron chi connectivity index (χ4n) is 2.23. The van der Waals surface area contributed by atoms with Crippen molar-refractivity contribution in [3.05, 3.63) is 59.2 Å². The molecule has 1 N–H and O–H groups in total. The van der Waals surface area contributed by atoms with Gasteiger partial charge in [-0.1, -0.05) is 18.2 Å². The van der Waals surface area contributed by atoms with Gasteiger partial charge in [0.2, 0.25) is 0 Å². The normalized spacial score (nSPS) is 11.8. The minimum absolute atomic E-state index is 0.579. The van der Waals surface area contributed by atoms with Gasteiger partial charge in [-0.15, -0.1) is 0 Å². The molecule has 0 amide bonds. The monoisotopic (exact) mass is 266 g/mol. The summed E-state index contributed by atoms with van der Waals surface area (Å²) in [6.45, 7) is 3.77. The number of benzene rings is 2. The molecule has 20 heavy (non-hydrogen) atoms. The third-order valence-corrected chi connectivity index (χ3v) is 3.36. The third kappa shape index (κ3) is 2.81. The second-order valence-electron chi connectivity index (χ2n) is 4.96. The van der Waals surface area contributed by atoms with E-state index in [0.29, 0.717) is 5.56 Å². The van der Waals surface area contributed by atoms with Crippen molar-refractivity contribution in [3.63, 3.8) is 0 Å². The number of hydrogen-bond donors (Lipinski definition) is 1. The second kappa shape index (κ2) is 5.77. The zero-order valence-electron chi connectivity index (χ0n) is 12.0. The van der Waals surface area contributed by atoms with Crippen LogP contribution in [0.25, 0.3) is 0 Å². The highest BCUT2D eigenvalue weighted by atomic mass is 16.3. The maximum atomic E-state index is 9.91. The topological polar surface area (TPSA) is 47.3 Å². The lowest BCUT2D eigenvalue weighted by Gasteiger charge is -2.24. The highest BCUT2D eigenvalue weighted by Gasteiger charge is 2.14. The molecule has 0 saturated carbocycles. The van der Waals surface area contributed by atoms with Crippen LogP contribution < -0.4 is 4.90 Å². The van der Waals surface area contributed by atoms with E-state index >= 15 is 0 Å². The van der Waals surface area contributed by atoms with Crippen molar-refractivity contribution in [2.45, 2.75) is 20.0 Å². The van der Waals surface area contributed by atoms with Crippen LogP contribution in [-0.4, -0.2) is 12.2 Å². The Labute approximate surface area is 119 Å². The van der Waals surface area contributed by atoms with Gasteiger partial charge in [-0.25, -0.2) is 0 Å². The predicted molar refractivity (Wildman–Crippen MR) is 81.0 cm³/mol. The molecule has 3 heteroatoms. The Bertz CT molecular complexity index is 656. The number of rotatable bonds is 3. The molecule has 0 radical (unpaired) electrons. The summed E-state index contributed by atoms with van der Waals surface area (Å²) in [5, 5.41) is 19.0. The lowest BCUT2D eigenvalue weighted by molar-refractivity contribution is 0.200. The van der Waals surface area contributed by atoms with Gasteiger partial charge < -0.3 is 10.0 Å². The zero-order valence-corrected chi connectivity index (χ0v) is 12.0. The Hall–Kier alpha value is -2.31. The molecule has 0 aliphatic rings. The smallest absolute Gasteiger partial charge is 0.0992 e. The minimum Gasteiger partial charge on any atom is -0.389 e. The van der Waals surface area contributed by atoms with E-state index < -0.39 is 6.10 Å². The highest BCUT2D eigenvalue weighted by Crippen LogP contribution is 2.32. The molecule has 0 spiro atoms.